The zero-order valence-electron chi connectivity index (χ0n) is 77.1. The number of aliphatic hydroxyl groups is 2. The Labute approximate surface area is 784 Å². The number of aliphatic hydroxyl groups excluding tert-OH is 2. The molecule has 135 heavy (non-hydrogen) atoms. The van der Waals surface area contributed by atoms with Crippen LogP contribution in [0.2, 0.25) is 0 Å². The van der Waals surface area contributed by atoms with Crippen molar-refractivity contribution in [3.8, 4) is 0 Å². The van der Waals surface area contributed by atoms with Crippen LogP contribution in [0.4, 0.5) is 0 Å². The molecule has 3 saturated heterocycles. The summed E-state index contributed by atoms with van der Waals surface area (Å²) in [5.41, 5.74) is 19.6. The molecular formula is C90H127N25O19S. The molecule has 23 N–H and O–H groups in total. The highest BCUT2D eigenvalue weighted by atomic mass is 32.2. The van der Waals surface area contributed by atoms with Crippen molar-refractivity contribution in [3.63, 3.8) is 0 Å². The number of para-hydroxylation sites is 2. The molecule has 0 saturated carbocycles. The third-order valence-electron chi connectivity index (χ3n) is 24.1. The first kappa shape index (κ1) is 105. The van der Waals surface area contributed by atoms with Gasteiger partial charge in [-0.3, -0.25) is 91.9 Å². The lowest BCUT2D eigenvalue weighted by Crippen LogP contribution is -2.62. The molecule has 2 aromatic carbocycles. The molecule has 7 heterocycles. The van der Waals surface area contributed by atoms with Gasteiger partial charge < -0.3 is 125 Å². The van der Waals surface area contributed by atoms with Crippen molar-refractivity contribution in [1.29, 1.82) is 5.41 Å². The second-order valence-corrected chi connectivity index (χ2v) is 35.6. The SMILES string of the molecule is CCCC[C@H]1C(=O)N(C)[C@@H](CCCC)C(=O)N[C@@H](CCCNC(=N)N)C(=O)N[C@H](C(=O)NCC(N)=O)CSCC(=O)N[C@@H](Cc2ccccn2)C(=O)N(C)[C@@H](C)C(=O)NC(CC(N)=O)C(=O)N2CCC[C@H]2C(=O)N[C@@H](Cc2c[nH]cn2)C(=O)N[C@@H](CC(C)C)C(=O)N2C[C@H](O)CC2C(=O)N[C@@H](Cc2c[nH]c3ccccc23)C(=O)N[C@@H](CO)C(=O)N[C@@H](Cc2c[nH]c3ccccc23)C(=O)N1C. The summed E-state index contributed by atoms with van der Waals surface area (Å²) in [6.07, 6.45) is 5.23. The molecule has 45 heteroatoms. The van der Waals surface area contributed by atoms with Gasteiger partial charge in [0.1, 0.15) is 84.6 Å². The van der Waals surface area contributed by atoms with Gasteiger partial charge in [0.15, 0.2) is 5.96 Å². The van der Waals surface area contributed by atoms with E-state index in [0.29, 0.717) is 64.3 Å². The zero-order valence-corrected chi connectivity index (χ0v) is 77.9. The molecule has 3 aliphatic heterocycles. The van der Waals surface area contributed by atoms with Crippen LogP contribution in [0.1, 0.15) is 141 Å². The Morgan fingerprint density at radius 2 is 1.08 bits per heavy atom. The van der Waals surface area contributed by atoms with Crippen LogP contribution in [0.25, 0.3) is 21.8 Å². The van der Waals surface area contributed by atoms with Gasteiger partial charge in [-0.2, -0.15) is 0 Å². The number of amides is 17. The maximum Gasteiger partial charge on any atom is 0.246 e. The van der Waals surface area contributed by atoms with Crippen LogP contribution in [-0.2, 0) is 107 Å². The Bertz CT molecular complexity index is 5190. The number of likely N-dealkylation sites (N-methyl/N-ethyl adjacent to an activating group) is 3. The maximum atomic E-state index is 15.8. The Balaban J connectivity index is 1.10. The number of carbonyl (C=O) groups is 17. The van der Waals surface area contributed by atoms with Crippen molar-refractivity contribution in [3.05, 3.63) is 120 Å². The number of aromatic nitrogens is 5. The van der Waals surface area contributed by atoms with Crippen molar-refractivity contribution in [2.45, 2.75) is 234 Å². The number of benzene rings is 2. The van der Waals surface area contributed by atoms with Gasteiger partial charge >= 0.3 is 0 Å². The van der Waals surface area contributed by atoms with Crippen LogP contribution < -0.4 is 75.7 Å². The summed E-state index contributed by atoms with van der Waals surface area (Å²) in [6.45, 7) is 6.06. The van der Waals surface area contributed by atoms with Gasteiger partial charge in [0.2, 0.25) is 100 Å². The number of rotatable bonds is 26. The summed E-state index contributed by atoms with van der Waals surface area (Å²) >= 11 is 0.775. The average Bonchev–Trinajstić information content (AvgIpc) is 1.72. The van der Waals surface area contributed by atoms with E-state index in [9.17, 15) is 53.4 Å². The van der Waals surface area contributed by atoms with Gasteiger partial charge in [-0.05, 0) is 93.2 Å². The van der Waals surface area contributed by atoms with E-state index in [1.54, 1.807) is 93.0 Å². The van der Waals surface area contributed by atoms with Crippen LogP contribution >= 0.6 is 11.8 Å². The number of hydrogen-bond donors (Lipinski definition) is 20. The standard InChI is InChI=1S/C90H127N25O19S/c1-9-11-27-69-82(127)103-60(26-19-31-97-90(93)94)78(123)110-68(77(122)100-43-74(92)119)46-135-47-75(120)102-65(36-53-21-17-18-30-96-53)85(130)111(6)50(5)76(121)106-66(39-73(91)118)87(132)114-32-20-29-70(114)83(128)105-62(37-54-42-95-48-101-54)80(125)107-63(33-49(3)4)88(133)115-44-55(117)38-72(115)84(129)104-61(34-51-40-98-58-24-15-13-22-56(51)58)79(124)109-67(45-116)81(126)108-64(35-52-41-99-59-25-16-14-23-57(52)59)86(131)113(8)71(28-12-10-2)89(134)112(69)7/h13-18,21-25,30,40-42,48-50,55,60-72,98-99,116-117H,9-12,19-20,26-29,31-39,43-47H2,1-8H3,(H2,91,118)(H2,92,119)(H,95,101)(H,100,122)(H,102,120)(H,103,127)(H,104,129)(H,105,128)(H,106,121)(H,107,125)(H,108,126)(H,109,124)(H,110,123)(H4,93,94,97)/t50-,55+,60-,61-,62-,63-,64-,65-,66?,67-,68-,69-,70-,71-,72?/m0/s1. The van der Waals surface area contributed by atoms with Crippen LogP contribution in [0.3, 0.4) is 0 Å². The van der Waals surface area contributed by atoms with Crippen molar-refractivity contribution in [2.24, 2.45) is 23.1 Å². The Morgan fingerprint density at radius 3 is 1.68 bits per heavy atom. The second-order valence-electron chi connectivity index (χ2n) is 34.6. The average molecular weight is 1900 g/mol. The van der Waals surface area contributed by atoms with Crippen LogP contribution in [0, 0.1) is 11.3 Å². The van der Waals surface area contributed by atoms with E-state index in [0.717, 1.165) is 36.3 Å². The third kappa shape index (κ3) is 29.5. The number of H-pyrrole nitrogens is 3. The molecule has 0 bridgehead atoms. The molecule has 9 rings (SSSR count). The summed E-state index contributed by atoms with van der Waals surface area (Å²) in [5.74, 6) is -17.7. The minimum absolute atomic E-state index is 0.00791. The first-order chi connectivity index (χ1) is 64.4. The number of pyridine rings is 1. The number of nitrogens with one attached hydrogen (secondary N) is 15. The van der Waals surface area contributed by atoms with E-state index in [4.69, 9.17) is 22.6 Å². The number of imidazole rings is 1. The van der Waals surface area contributed by atoms with Gasteiger partial charge in [-0.15, -0.1) is 11.8 Å². The summed E-state index contributed by atoms with van der Waals surface area (Å²) in [6, 6.07) is -2.93. The van der Waals surface area contributed by atoms with Crippen molar-refractivity contribution in [1.82, 2.24) is 108 Å². The summed E-state index contributed by atoms with van der Waals surface area (Å²) in [5, 5.41) is 60.9. The number of nitrogens with two attached hydrogens (primary N) is 3. The molecule has 0 radical (unpaired) electrons. The Kier molecular flexibility index (Phi) is 39.3. The summed E-state index contributed by atoms with van der Waals surface area (Å²) < 4.78 is 0. The van der Waals surface area contributed by atoms with E-state index >= 15 is 38.4 Å². The number of nitrogens with zero attached hydrogens (tertiary/aromatic N) is 7. The van der Waals surface area contributed by atoms with E-state index in [1.807, 2.05) is 13.8 Å². The first-order valence-corrected chi connectivity index (χ1v) is 46.5. The highest BCUT2D eigenvalue weighted by Gasteiger charge is 2.47. The van der Waals surface area contributed by atoms with Gasteiger partial charge in [0.05, 0.1) is 43.5 Å². The zero-order chi connectivity index (χ0) is 98.4. The number of thioether (sulfide) groups is 1. The lowest BCUT2D eigenvalue weighted by Gasteiger charge is -2.36. The quantitative estimate of drug-likeness (QED) is 0.0144. The maximum absolute atomic E-state index is 15.8. The van der Waals surface area contributed by atoms with Crippen molar-refractivity contribution < 1.29 is 91.7 Å². The molecule has 0 spiro atoms. The molecule has 732 valence electrons. The number of fused-ring (bicyclic) bond motifs is 4. The first-order valence-electron chi connectivity index (χ1n) is 45.3. The number of hydrogen-bond acceptors (Lipinski definition) is 23. The number of unbranched alkanes of at least 4 members (excludes halogenated alkanes) is 2. The normalized spacial score (nSPS) is 24.8. The number of primary amides is 2. The molecular weight excluding hydrogens is 1770 g/mol. The van der Waals surface area contributed by atoms with Gasteiger partial charge in [-0.25, -0.2) is 4.98 Å². The number of guanidine groups is 1. The highest BCUT2D eigenvalue weighted by Crippen LogP contribution is 2.28. The minimum atomic E-state index is -1.89. The van der Waals surface area contributed by atoms with Crippen LogP contribution in [-0.4, -0.2) is 322 Å². The molecule has 6 aromatic rings. The van der Waals surface area contributed by atoms with Gasteiger partial charge in [0, 0.05) is 131 Å². The molecule has 15 atom stereocenters. The smallest absolute Gasteiger partial charge is 0.246 e. The predicted molar refractivity (Wildman–Crippen MR) is 496 cm³/mol. The fourth-order valence-electron chi connectivity index (χ4n) is 16.6. The molecule has 17 amide bonds. The van der Waals surface area contributed by atoms with Crippen molar-refractivity contribution in [2.75, 3.05) is 65.4 Å². The molecule has 4 aromatic heterocycles. The van der Waals surface area contributed by atoms with E-state index in [1.165, 1.54) is 46.8 Å². The lowest BCUT2D eigenvalue weighted by molar-refractivity contribution is -0.149. The molecule has 44 nitrogen and oxygen atoms in total. The monoisotopic (exact) mass is 1890 g/mol. The summed E-state index contributed by atoms with van der Waals surface area (Å²) in [7, 11) is 3.92. The van der Waals surface area contributed by atoms with Crippen molar-refractivity contribution >= 4 is 140 Å². The van der Waals surface area contributed by atoms with E-state index in [-0.39, 0.29) is 95.3 Å². The molecule has 2 unspecified atom stereocenters. The Morgan fingerprint density at radius 1 is 0.541 bits per heavy atom. The van der Waals surface area contributed by atoms with Gasteiger partial charge in [0.25, 0.3) is 0 Å². The Hall–Kier alpha value is -13.6. The lowest BCUT2D eigenvalue weighted by atomic mass is 10.00. The molecule has 0 aliphatic carbocycles. The number of carbonyl (C=O) groups excluding carboxylic acids is 17. The van der Waals surface area contributed by atoms with Crippen LogP contribution in [0.5, 0.6) is 0 Å². The largest absolute Gasteiger partial charge is 0.394 e. The number of aromatic amines is 3. The van der Waals surface area contributed by atoms with Crippen LogP contribution in [0.15, 0.2) is 97.8 Å². The predicted octanol–water partition coefficient (Wildman–Crippen LogP) is -3.24. The molecule has 3 aliphatic rings. The summed E-state index contributed by atoms with van der Waals surface area (Å²) in [4.78, 5) is 274. The second kappa shape index (κ2) is 50.5. The highest BCUT2D eigenvalue weighted by molar-refractivity contribution is 8.00. The van der Waals surface area contributed by atoms with E-state index in [2.05, 4.69) is 83.4 Å². The van der Waals surface area contributed by atoms with Gasteiger partial charge in [-0.1, -0.05) is 95.8 Å². The molecule has 3 fully saturated rings. The fourth-order valence-corrected chi connectivity index (χ4v) is 17.5. The topological polar surface area (TPSA) is 654 Å². The van der Waals surface area contributed by atoms with E-state index < -0.39 is 241 Å². The third-order valence-corrected chi connectivity index (χ3v) is 25.1. The minimum Gasteiger partial charge on any atom is -0.394 e. The fraction of sp³-hybridized carbons (Fsp3) is 0.533.